The van der Waals surface area contributed by atoms with Crippen molar-refractivity contribution >= 4 is 11.9 Å². The molecule has 2 N–H and O–H groups in total. The first-order valence-corrected chi connectivity index (χ1v) is 6.17. The molecule has 4 heteroatoms. The van der Waals surface area contributed by atoms with Gasteiger partial charge in [-0.15, -0.1) is 0 Å². The molecular weight excluding hydrogens is 218 g/mol. The summed E-state index contributed by atoms with van der Waals surface area (Å²) in [5.41, 5.74) is 1.05. The molecule has 0 unspecified atom stereocenters. The lowest BCUT2D eigenvalue weighted by atomic mass is 9.99. The minimum Gasteiger partial charge on any atom is -0.480 e. The third kappa shape index (κ3) is 4.21. The summed E-state index contributed by atoms with van der Waals surface area (Å²) in [5.74, 6) is -0.786. The minimum atomic E-state index is -0.967. The molecule has 0 spiro atoms. The Balaban J connectivity index is 2.57. The number of nitrogens with one attached hydrogen (secondary N) is 1. The second-order valence-corrected chi connectivity index (χ2v) is 4.87. The summed E-state index contributed by atoms with van der Waals surface area (Å²) in [4.78, 5) is 22.7. The fourth-order valence-electron chi connectivity index (χ4n) is 1.74. The van der Waals surface area contributed by atoms with E-state index in [0.29, 0.717) is 5.92 Å². The molecule has 1 saturated carbocycles. The average molecular weight is 239 g/mol. The van der Waals surface area contributed by atoms with Crippen molar-refractivity contribution < 1.29 is 14.7 Å². The maximum Gasteiger partial charge on any atom is 0.326 e. The van der Waals surface area contributed by atoms with E-state index in [1.807, 2.05) is 20.8 Å². The number of hydrogen-bond donors (Lipinski definition) is 2. The van der Waals surface area contributed by atoms with Crippen molar-refractivity contribution in [3.8, 4) is 0 Å². The van der Waals surface area contributed by atoms with Crippen LogP contribution >= 0.6 is 0 Å². The monoisotopic (exact) mass is 239 g/mol. The van der Waals surface area contributed by atoms with E-state index in [9.17, 15) is 9.59 Å². The molecule has 0 saturated heterocycles. The molecule has 2 atom stereocenters. The molecule has 4 nitrogen and oxygen atoms in total. The smallest absolute Gasteiger partial charge is 0.326 e. The highest BCUT2D eigenvalue weighted by atomic mass is 16.4. The van der Waals surface area contributed by atoms with Crippen molar-refractivity contribution in [3.05, 3.63) is 11.6 Å². The van der Waals surface area contributed by atoms with E-state index in [4.69, 9.17) is 5.11 Å². The lowest BCUT2D eigenvalue weighted by Gasteiger charge is -2.19. The summed E-state index contributed by atoms with van der Waals surface area (Å²) < 4.78 is 0. The Kier molecular flexibility index (Phi) is 4.73. The van der Waals surface area contributed by atoms with Gasteiger partial charge in [-0.3, -0.25) is 4.79 Å². The van der Waals surface area contributed by atoms with Gasteiger partial charge in [0.1, 0.15) is 6.04 Å². The average Bonchev–Trinajstić information content (AvgIpc) is 3.08. The van der Waals surface area contributed by atoms with Gasteiger partial charge in [0, 0.05) is 6.08 Å². The van der Waals surface area contributed by atoms with Gasteiger partial charge in [-0.05, 0) is 31.6 Å². The maximum absolute atomic E-state index is 11.7. The second kappa shape index (κ2) is 5.84. The Morgan fingerprint density at radius 3 is 2.47 bits per heavy atom. The zero-order valence-electron chi connectivity index (χ0n) is 10.7. The third-order valence-electron chi connectivity index (χ3n) is 3.36. The summed E-state index contributed by atoms with van der Waals surface area (Å²) in [6.07, 6.45) is 4.55. The fraction of sp³-hybridized carbons (Fsp3) is 0.692. The van der Waals surface area contributed by atoms with E-state index in [1.165, 1.54) is 6.08 Å². The molecule has 0 aromatic heterocycles. The molecule has 0 aromatic carbocycles. The summed E-state index contributed by atoms with van der Waals surface area (Å²) in [7, 11) is 0. The van der Waals surface area contributed by atoms with Gasteiger partial charge in [0.25, 0.3) is 0 Å². The van der Waals surface area contributed by atoms with Crippen LogP contribution in [0.1, 0.15) is 40.0 Å². The van der Waals surface area contributed by atoms with E-state index in [2.05, 4.69) is 5.32 Å². The number of amides is 1. The molecular formula is C13H21NO3. The van der Waals surface area contributed by atoms with E-state index < -0.39 is 12.0 Å². The highest BCUT2D eigenvalue weighted by Gasteiger charge is 2.26. The van der Waals surface area contributed by atoms with Gasteiger partial charge in [-0.1, -0.05) is 25.8 Å². The lowest BCUT2D eigenvalue weighted by Crippen LogP contribution is -2.44. The Bertz CT molecular complexity index is 332. The van der Waals surface area contributed by atoms with E-state index in [-0.39, 0.29) is 11.8 Å². The van der Waals surface area contributed by atoms with Gasteiger partial charge in [0.05, 0.1) is 0 Å². The Labute approximate surface area is 102 Å². The van der Waals surface area contributed by atoms with Crippen LogP contribution in [0.5, 0.6) is 0 Å². The van der Waals surface area contributed by atoms with Crippen LogP contribution in [0.4, 0.5) is 0 Å². The van der Waals surface area contributed by atoms with Gasteiger partial charge < -0.3 is 10.4 Å². The molecule has 1 aliphatic rings. The molecule has 1 rings (SSSR count). The topological polar surface area (TPSA) is 66.4 Å². The van der Waals surface area contributed by atoms with Crippen molar-refractivity contribution in [1.82, 2.24) is 5.32 Å². The first kappa shape index (κ1) is 13.7. The Hall–Kier alpha value is -1.32. The number of aliphatic carboxylic acids is 1. The molecule has 17 heavy (non-hydrogen) atoms. The van der Waals surface area contributed by atoms with Crippen LogP contribution in [-0.2, 0) is 9.59 Å². The summed E-state index contributed by atoms with van der Waals surface area (Å²) in [6, 6.07) is -0.796. The Morgan fingerprint density at radius 2 is 2.06 bits per heavy atom. The number of rotatable bonds is 6. The van der Waals surface area contributed by atoms with Crippen LogP contribution < -0.4 is 5.32 Å². The largest absolute Gasteiger partial charge is 0.480 e. The molecule has 0 bridgehead atoms. The lowest BCUT2D eigenvalue weighted by molar-refractivity contribution is -0.142. The van der Waals surface area contributed by atoms with Gasteiger partial charge in [-0.25, -0.2) is 4.79 Å². The SMILES string of the molecule is CC[C@@H](C)[C@@H](NC(=O)/C=C(\C)C1CC1)C(=O)O. The minimum absolute atomic E-state index is 0.0638. The molecule has 0 heterocycles. The number of allylic oxidation sites excluding steroid dienone is 1. The summed E-state index contributed by atoms with van der Waals surface area (Å²) >= 11 is 0. The first-order valence-electron chi connectivity index (χ1n) is 6.17. The molecule has 1 amide bonds. The highest BCUT2D eigenvalue weighted by molar-refractivity contribution is 5.91. The van der Waals surface area contributed by atoms with Crippen LogP contribution in [0.15, 0.2) is 11.6 Å². The second-order valence-electron chi connectivity index (χ2n) is 4.87. The molecule has 1 fully saturated rings. The van der Waals surface area contributed by atoms with Crippen molar-refractivity contribution in [1.29, 1.82) is 0 Å². The van der Waals surface area contributed by atoms with Crippen molar-refractivity contribution in [2.75, 3.05) is 0 Å². The van der Waals surface area contributed by atoms with Crippen molar-refractivity contribution in [2.45, 2.75) is 46.1 Å². The van der Waals surface area contributed by atoms with Crippen molar-refractivity contribution in [2.24, 2.45) is 11.8 Å². The number of hydrogen-bond acceptors (Lipinski definition) is 2. The molecule has 0 radical (unpaired) electrons. The molecule has 0 aliphatic heterocycles. The van der Waals surface area contributed by atoms with Gasteiger partial charge in [-0.2, -0.15) is 0 Å². The highest BCUT2D eigenvalue weighted by Crippen LogP contribution is 2.35. The maximum atomic E-state index is 11.7. The normalized spacial score (nSPS) is 19.6. The zero-order chi connectivity index (χ0) is 13.0. The summed E-state index contributed by atoms with van der Waals surface area (Å²) in [6.45, 7) is 5.67. The van der Waals surface area contributed by atoms with Crippen LogP contribution in [0.25, 0.3) is 0 Å². The number of carbonyl (C=O) groups is 2. The first-order chi connectivity index (χ1) is 7.95. The van der Waals surface area contributed by atoms with E-state index in [1.54, 1.807) is 0 Å². The van der Waals surface area contributed by atoms with Gasteiger partial charge in [0.2, 0.25) is 5.91 Å². The van der Waals surface area contributed by atoms with Crippen LogP contribution in [-0.4, -0.2) is 23.0 Å². The summed E-state index contributed by atoms with van der Waals surface area (Å²) in [5, 5.41) is 11.6. The van der Waals surface area contributed by atoms with Gasteiger partial charge >= 0.3 is 5.97 Å². The number of carboxylic acids is 1. The molecule has 1 aliphatic carbocycles. The quantitative estimate of drug-likeness (QED) is 0.696. The fourth-order valence-corrected chi connectivity index (χ4v) is 1.74. The van der Waals surface area contributed by atoms with E-state index in [0.717, 1.165) is 24.8 Å². The van der Waals surface area contributed by atoms with Crippen LogP contribution in [0, 0.1) is 11.8 Å². The zero-order valence-corrected chi connectivity index (χ0v) is 10.7. The number of carbonyl (C=O) groups excluding carboxylic acids is 1. The predicted octanol–water partition coefficient (Wildman–Crippen LogP) is 1.96. The van der Waals surface area contributed by atoms with Crippen molar-refractivity contribution in [3.63, 3.8) is 0 Å². The Morgan fingerprint density at radius 1 is 1.47 bits per heavy atom. The van der Waals surface area contributed by atoms with E-state index >= 15 is 0 Å². The van der Waals surface area contributed by atoms with Crippen LogP contribution in [0.3, 0.4) is 0 Å². The third-order valence-corrected chi connectivity index (χ3v) is 3.36. The standard InChI is InChI=1S/C13H21NO3/c1-4-8(2)12(13(16)17)14-11(15)7-9(3)10-5-6-10/h7-8,10,12H,4-6H2,1-3H3,(H,14,15)(H,16,17)/b9-7+/t8-,12-/m1/s1. The van der Waals surface area contributed by atoms with Gasteiger partial charge in [0.15, 0.2) is 0 Å². The molecule has 0 aromatic rings. The van der Waals surface area contributed by atoms with Crippen LogP contribution in [0.2, 0.25) is 0 Å². The number of carboxylic acid groups (broad SMARTS) is 1. The predicted molar refractivity (Wildman–Crippen MR) is 65.5 cm³/mol. The molecule has 96 valence electrons.